The number of amides is 2. The van der Waals surface area contributed by atoms with Crippen LogP contribution in [0.1, 0.15) is 30.2 Å². The maximum atomic E-state index is 12.3. The van der Waals surface area contributed by atoms with Crippen molar-refractivity contribution in [1.82, 2.24) is 10.2 Å². The zero-order valence-corrected chi connectivity index (χ0v) is 12.0. The second kappa shape index (κ2) is 5.51. The fourth-order valence-corrected chi connectivity index (χ4v) is 3.69. The van der Waals surface area contributed by atoms with E-state index in [0.29, 0.717) is 0 Å². The average Bonchev–Trinajstić information content (AvgIpc) is 3.09. The molecule has 104 valence electrons. The maximum Gasteiger partial charge on any atom is 0.318 e. The summed E-state index contributed by atoms with van der Waals surface area (Å²) in [4.78, 5) is 15.6. The summed E-state index contributed by atoms with van der Waals surface area (Å²) in [6.45, 7) is 4.42. The summed E-state index contributed by atoms with van der Waals surface area (Å²) in [5.74, 6) is 0. The van der Waals surface area contributed by atoms with Crippen LogP contribution in [0.15, 0.2) is 11.4 Å². The van der Waals surface area contributed by atoms with E-state index in [0.717, 1.165) is 39.0 Å². The molecule has 1 N–H and O–H groups in total. The minimum atomic E-state index is 0.0415. The van der Waals surface area contributed by atoms with Crippen molar-refractivity contribution in [2.24, 2.45) is 0 Å². The minimum Gasteiger partial charge on any atom is -0.376 e. The first kappa shape index (κ1) is 12.9. The first-order chi connectivity index (χ1) is 9.24. The van der Waals surface area contributed by atoms with E-state index in [1.807, 2.05) is 11.8 Å². The molecule has 2 atom stereocenters. The first-order valence-electron chi connectivity index (χ1n) is 6.96. The average molecular weight is 280 g/mol. The topological polar surface area (TPSA) is 41.6 Å². The Morgan fingerprint density at radius 3 is 3.32 bits per heavy atom. The van der Waals surface area contributed by atoms with Crippen LogP contribution in [0.2, 0.25) is 0 Å². The van der Waals surface area contributed by atoms with Crippen molar-refractivity contribution in [2.75, 3.05) is 13.2 Å². The molecule has 1 saturated heterocycles. The van der Waals surface area contributed by atoms with Gasteiger partial charge in [-0.2, -0.15) is 0 Å². The van der Waals surface area contributed by atoms with Crippen LogP contribution in [0.5, 0.6) is 0 Å². The third kappa shape index (κ3) is 2.77. The molecule has 4 nitrogen and oxygen atoms in total. The fraction of sp³-hybridized carbons (Fsp3) is 0.643. The molecule has 0 aliphatic carbocycles. The van der Waals surface area contributed by atoms with Gasteiger partial charge >= 0.3 is 6.03 Å². The Bertz CT molecular complexity index is 454. The number of rotatable bonds is 2. The number of ether oxygens (including phenoxy) is 1. The third-order valence-electron chi connectivity index (χ3n) is 3.97. The molecule has 19 heavy (non-hydrogen) atoms. The van der Waals surface area contributed by atoms with Crippen LogP contribution in [0.3, 0.4) is 0 Å². The highest BCUT2D eigenvalue weighted by molar-refractivity contribution is 7.10. The number of carbonyl (C=O) groups excluding carboxylic acids is 1. The predicted octanol–water partition coefficient (Wildman–Crippen LogP) is 2.38. The van der Waals surface area contributed by atoms with E-state index in [4.69, 9.17) is 4.74 Å². The molecule has 0 bridgehead atoms. The number of carbonyl (C=O) groups is 1. The van der Waals surface area contributed by atoms with E-state index in [1.165, 1.54) is 10.4 Å². The minimum absolute atomic E-state index is 0.0415. The van der Waals surface area contributed by atoms with Gasteiger partial charge in [-0.1, -0.05) is 0 Å². The molecule has 3 rings (SSSR count). The van der Waals surface area contributed by atoms with Crippen LogP contribution in [0, 0.1) is 0 Å². The molecule has 1 fully saturated rings. The fourth-order valence-electron chi connectivity index (χ4n) is 2.80. The van der Waals surface area contributed by atoms with E-state index in [1.54, 1.807) is 11.3 Å². The number of nitrogens with one attached hydrogen (secondary N) is 1. The molecule has 1 aromatic rings. The van der Waals surface area contributed by atoms with Crippen molar-refractivity contribution in [3.63, 3.8) is 0 Å². The summed E-state index contributed by atoms with van der Waals surface area (Å²) in [6, 6.07) is 2.27. The predicted molar refractivity (Wildman–Crippen MR) is 75.4 cm³/mol. The highest BCUT2D eigenvalue weighted by atomic mass is 32.1. The van der Waals surface area contributed by atoms with Crippen LogP contribution in [-0.4, -0.2) is 36.2 Å². The Kier molecular flexibility index (Phi) is 3.75. The van der Waals surface area contributed by atoms with Gasteiger partial charge in [0.25, 0.3) is 0 Å². The summed E-state index contributed by atoms with van der Waals surface area (Å²) < 4.78 is 5.62. The zero-order valence-electron chi connectivity index (χ0n) is 11.2. The maximum absolute atomic E-state index is 12.3. The van der Waals surface area contributed by atoms with Crippen molar-refractivity contribution in [3.05, 3.63) is 21.9 Å². The number of fused-ring (bicyclic) bond motifs is 1. The SMILES string of the molecule is C[C@@H](NC(=O)N1CCc2sccc2C1)[C@H]1CCCO1. The largest absolute Gasteiger partial charge is 0.376 e. The lowest BCUT2D eigenvalue weighted by Crippen LogP contribution is -2.49. The quantitative estimate of drug-likeness (QED) is 0.903. The number of hydrogen-bond donors (Lipinski definition) is 1. The molecule has 3 heterocycles. The molecule has 2 amide bonds. The van der Waals surface area contributed by atoms with E-state index < -0.39 is 0 Å². The molecule has 0 saturated carbocycles. The van der Waals surface area contributed by atoms with Crippen molar-refractivity contribution in [1.29, 1.82) is 0 Å². The molecule has 2 aliphatic heterocycles. The molecule has 1 aromatic heterocycles. The number of urea groups is 1. The number of nitrogens with zero attached hydrogens (tertiary/aromatic N) is 1. The number of hydrogen-bond acceptors (Lipinski definition) is 3. The van der Waals surface area contributed by atoms with Gasteiger partial charge in [0, 0.05) is 24.6 Å². The summed E-state index contributed by atoms with van der Waals surface area (Å²) in [6.07, 6.45) is 3.32. The highest BCUT2D eigenvalue weighted by Gasteiger charge is 2.27. The lowest BCUT2D eigenvalue weighted by atomic mass is 10.1. The Balaban J connectivity index is 1.56. The smallest absolute Gasteiger partial charge is 0.318 e. The summed E-state index contributed by atoms with van der Waals surface area (Å²) in [7, 11) is 0. The Hall–Kier alpha value is -1.07. The molecule has 0 spiro atoms. The van der Waals surface area contributed by atoms with Gasteiger partial charge in [-0.25, -0.2) is 4.79 Å². The van der Waals surface area contributed by atoms with E-state index in [9.17, 15) is 4.79 Å². The van der Waals surface area contributed by atoms with E-state index in [2.05, 4.69) is 16.8 Å². The molecule has 2 aliphatic rings. The lowest BCUT2D eigenvalue weighted by Gasteiger charge is -2.29. The third-order valence-corrected chi connectivity index (χ3v) is 4.99. The molecule has 0 radical (unpaired) electrons. The second-order valence-corrected chi connectivity index (χ2v) is 6.33. The van der Waals surface area contributed by atoms with Gasteiger partial charge in [0.1, 0.15) is 0 Å². The van der Waals surface area contributed by atoms with Crippen molar-refractivity contribution in [3.8, 4) is 0 Å². The van der Waals surface area contributed by atoms with Crippen LogP contribution in [0.25, 0.3) is 0 Å². The van der Waals surface area contributed by atoms with Crippen LogP contribution < -0.4 is 5.32 Å². The van der Waals surface area contributed by atoms with Gasteiger partial charge in [-0.3, -0.25) is 0 Å². The zero-order chi connectivity index (χ0) is 13.2. The van der Waals surface area contributed by atoms with Crippen molar-refractivity contribution < 1.29 is 9.53 Å². The van der Waals surface area contributed by atoms with Gasteiger partial charge in [0.05, 0.1) is 12.1 Å². The van der Waals surface area contributed by atoms with Gasteiger partial charge in [-0.05, 0) is 43.2 Å². The molecule has 0 aromatic carbocycles. The summed E-state index contributed by atoms with van der Waals surface area (Å²) in [5, 5.41) is 5.19. The monoisotopic (exact) mass is 280 g/mol. The van der Waals surface area contributed by atoms with Crippen molar-refractivity contribution >= 4 is 17.4 Å². The van der Waals surface area contributed by atoms with E-state index in [-0.39, 0.29) is 18.2 Å². The van der Waals surface area contributed by atoms with Crippen LogP contribution >= 0.6 is 11.3 Å². The Morgan fingerprint density at radius 2 is 2.53 bits per heavy atom. The van der Waals surface area contributed by atoms with Crippen molar-refractivity contribution in [2.45, 2.75) is 44.9 Å². The first-order valence-corrected chi connectivity index (χ1v) is 7.84. The summed E-state index contributed by atoms with van der Waals surface area (Å²) in [5.41, 5.74) is 1.30. The Labute approximate surface area is 117 Å². The molecule has 0 unspecified atom stereocenters. The second-order valence-electron chi connectivity index (χ2n) is 5.33. The van der Waals surface area contributed by atoms with Gasteiger partial charge in [0.15, 0.2) is 0 Å². The number of thiophene rings is 1. The van der Waals surface area contributed by atoms with Gasteiger partial charge < -0.3 is 15.0 Å². The standard InChI is InChI=1S/C14H20N2O2S/c1-10(12-3-2-7-18-12)15-14(17)16-6-4-13-11(9-16)5-8-19-13/h5,8,10,12H,2-4,6-7,9H2,1H3,(H,15,17)/t10-,12-/m1/s1. The summed E-state index contributed by atoms with van der Waals surface area (Å²) >= 11 is 1.80. The molecular formula is C14H20N2O2S. The van der Waals surface area contributed by atoms with Crippen LogP contribution in [-0.2, 0) is 17.7 Å². The van der Waals surface area contributed by atoms with E-state index >= 15 is 0 Å². The van der Waals surface area contributed by atoms with Crippen LogP contribution in [0.4, 0.5) is 4.79 Å². The normalized spacial score (nSPS) is 24.1. The highest BCUT2D eigenvalue weighted by Crippen LogP contribution is 2.24. The Morgan fingerprint density at radius 1 is 1.63 bits per heavy atom. The molecule has 5 heteroatoms. The van der Waals surface area contributed by atoms with Gasteiger partial charge in [0.2, 0.25) is 0 Å². The van der Waals surface area contributed by atoms with Gasteiger partial charge in [-0.15, -0.1) is 11.3 Å². The molecular weight excluding hydrogens is 260 g/mol. The lowest BCUT2D eigenvalue weighted by molar-refractivity contribution is 0.0829.